The van der Waals surface area contributed by atoms with Gasteiger partial charge in [-0.05, 0) is 68.1 Å². The molecule has 1 unspecified atom stereocenters. The van der Waals surface area contributed by atoms with Gasteiger partial charge in [-0.2, -0.15) is 5.26 Å². The minimum atomic E-state index is -0.197. The van der Waals surface area contributed by atoms with Crippen LogP contribution < -0.4 is 15.1 Å². The van der Waals surface area contributed by atoms with Crippen LogP contribution in [0, 0.1) is 25.2 Å². The van der Waals surface area contributed by atoms with Gasteiger partial charge in [-0.1, -0.05) is 24.3 Å². The van der Waals surface area contributed by atoms with Crippen LogP contribution in [0.2, 0.25) is 0 Å². The third kappa shape index (κ3) is 5.69. The van der Waals surface area contributed by atoms with E-state index in [0.717, 1.165) is 54.3 Å². The summed E-state index contributed by atoms with van der Waals surface area (Å²) in [4.78, 5) is 24.4. The van der Waals surface area contributed by atoms with E-state index in [-0.39, 0.29) is 18.6 Å². The highest BCUT2D eigenvalue weighted by Gasteiger charge is 2.31. The van der Waals surface area contributed by atoms with E-state index in [2.05, 4.69) is 39.2 Å². The van der Waals surface area contributed by atoms with Gasteiger partial charge in [0.05, 0.1) is 23.9 Å². The summed E-state index contributed by atoms with van der Waals surface area (Å²) in [5, 5.41) is 23.3. The second-order valence-electron chi connectivity index (χ2n) is 10.5. The average molecular weight is 525 g/mol. The maximum atomic E-state index is 13.7. The standard InChI is InChI=1S/C31H36N6O2/c1-22-17-23(2)28(34-25-10-13-35(14-11-25)29-8-4-3-7-24(29)19-32)18-27(22)31(39)36-15-16-37(26(20-36)21-38)30-9-5-6-12-33-30/h3-9,12,17-18,25-26,34,38H,10-11,13-16,20-21H2,1-2H3. The van der Waals surface area contributed by atoms with Gasteiger partial charge < -0.3 is 25.1 Å². The number of aliphatic hydroxyl groups is 1. The minimum Gasteiger partial charge on any atom is -0.394 e. The largest absolute Gasteiger partial charge is 0.394 e. The lowest BCUT2D eigenvalue weighted by atomic mass is 9.99. The van der Waals surface area contributed by atoms with Crippen molar-refractivity contribution in [2.45, 2.75) is 38.8 Å². The Hall–Kier alpha value is -4.09. The molecule has 39 heavy (non-hydrogen) atoms. The molecule has 3 aromatic rings. The first-order valence-corrected chi connectivity index (χ1v) is 13.7. The Morgan fingerprint density at radius 2 is 1.82 bits per heavy atom. The Labute approximate surface area is 230 Å². The molecule has 1 atom stereocenters. The Morgan fingerprint density at radius 1 is 1.05 bits per heavy atom. The van der Waals surface area contributed by atoms with Gasteiger partial charge >= 0.3 is 0 Å². The lowest BCUT2D eigenvalue weighted by Crippen LogP contribution is -2.56. The third-order valence-electron chi connectivity index (χ3n) is 7.95. The molecule has 8 heteroatoms. The van der Waals surface area contributed by atoms with Gasteiger partial charge in [0, 0.05) is 56.2 Å². The van der Waals surface area contributed by atoms with E-state index >= 15 is 0 Å². The first-order chi connectivity index (χ1) is 19.0. The fourth-order valence-corrected chi connectivity index (χ4v) is 5.76. The van der Waals surface area contributed by atoms with Crippen LogP contribution in [0.1, 0.15) is 39.9 Å². The molecule has 5 rings (SSSR count). The van der Waals surface area contributed by atoms with E-state index in [1.165, 1.54) is 0 Å². The van der Waals surface area contributed by atoms with Crippen LogP contribution in [-0.4, -0.2) is 72.3 Å². The number of nitrogens with zero attached hydrogens (tertiary/aromatic N) is 5. The summed E-state index contributed by atoms with van der Waals surface area (Å²) in [6.45, 7) is 7.41. The number of benzene rings is 2. The molecule has 0 radical (unpaired) electrons. The minimum absolute atomic E-state index is 0.00222. The van der Waals surface area contributed by atoms with Crippen molar-refractivity contribution in [1.29, 1.82) is 5.26 Å². The van der Waals surface area contributed by atoms with Crippen molar-refractivity contribution in [3.8, 4) is 6.07 Å². The van der Waals surface area contributed by atoms with E-state index in [1.54, 1.807) is 6.20 Å². The number of anilines is 3. The van der Waals surface area contributed by atoms with Crippen LogP contribution in [0.15, 0.2) is 60.8 Å². The maximum Gasteiger partial charge on any atom is 0.254 e. The fourth-order valence-electron chi connectivity index (χ4n) is 5.76. The summed E-state index contributed by atoms with van der Waals surface area (Å²) < 4.78 is 0. The molecule has 202 valence electrons. The second-order valence-corrected chi connectivity index (χ2v) is 10.5. The lowest BCUT2D eigenvalue weighted by Gasteiger charge is -2.41. The van der Waals surface area contributed by atoms with E-state index < -0.39 is 0 Å². The van der Waals surface area contributed by atoms with Crippen molar-refractivity contribution in [2.24, 2.45) is 0 Å². The highest BCUT2D eigenvalue weighted by atomic mass is 16.3. The molecule has 0 spiro atoms. The summed E-state index contributed by atoms with van der Waals surface area (Å²) in [6.07, 6.45) is 3.65. The Balaban J connectivity index is 1.26. The molecule has 2 saturated heterocycles. The monoisotopic (exact) mass is 524 g/mol. The number of para-hydroxylation sites is 1. The van der Waals surface area contributed by atoms with Gasteiger partial charge in [0.1, 0.15) is 11.9 Å². The first kappa shape index (κ1) is 26.5. The molecule has 0 saturated carbocycles. The lowest BCUT2D eigenvalue weighted by molar-refractivity contribution is 0.0698. The summed E-state index contributed by atoms with van der Waals surface area (Å²) in [5.41, 5.74) is 5.48. The number of amides is 1. The average Bonchev–Trinajstić information content (AvgIpc) is 2.98. The number of piperidine rings is 1. The van der Waals surface area contributed by atoms with E-state index in [4.69, 9.17) is 0 Å². The number of rotatable bonds is 6. The van der Waals surface area contributed by atoms with E-state index in [9.17, 15) is 15.2 Å². The van der Waals surface area contributed by atoms with Crippen LogP contribution in [0.5, 0.6) is 0 Å². The molecule has 2 N–H and O–H groups in total. The van der Waals surface area contributed by atoms with Gasteiger partial charge in [0.2, 0.25) is 0 Å². The number of hydrogen-bond acceptors (Lipinski definition) is 7. The van der Waals surface area contributed by atoms with Crippen LogP contribution in [0.25, 0.3) is 0 Å². The summed E-state index contributed by atoms with van der Waals surface area (Å²) in [7, 11) is 0. The van der Waals surface area contributed by atoms with Crippen molar-refractivity contribution in [3.63, 3.8) is 0 Å². The van der Waals surface area contributed by atoms with Gasteiger partial charge in [0.15, 0.2) is 0 Å². The number of nitrogens with one attached hydrogen (secondary N) is 1. The van der Waals surface area contributed by atoms with Crippen LogP contribution in [0.4, 0.5) is 17.2 Å². The predicted octanol–water partition coefficient (Wildman–Crippen LogP) is 3.97. The molecule has 2 fully saturated rings. The molecular formula is C31H36N6O2. The van der Waals surface area contributed by atoms with E-state index in [1.807, 2.05) is 60.4 Å². The van der Waals surface area contributed by atoms with Gasteiger partial charge in [-0.15, -0.1) is 0 Å². The Kier molecular flexibility index (Phi) is 7.99. The molecular weight excluding hydrogens is 488 g/mol. The van der Waals surface area contributed by atoms with Crippen LogP contribution in [0.3, 0.4) is 0 Å². The normalized spacial score (nSPS) is 18.1. The van der Waals surface area contributed by atoms with Crippen molar-refractivity contribution in [3.05, 3.63) is 83.0 Å². The van der Waals surface area contributed by atoms with E-state index in [0.29, 0.717) is 36.8 Å². The number of carbonyl (C=O) groups is 1. The molecule has 3 heterocycles. The van der Waals surface area contributed by atoms with Crippen molar-refractivity contribution >= 4 is 23.1 Å². The quantitative estimate of drug-likeness (QED) is 0.504. The molecule has 1 amide bonds. The number of aryl methyl sites for hydroxylation is 2. The number of hydrogen-bond donors (Lipinski definition) is 2. The summed E-state index contributed by atoms with van der Waals surface area (Å²) in [5.74, 6) is 0.821. The topological polar surface area (TPSA) is 95.7 Å². The highest BCUT2D eigenvalue weighted by molar-refractivity contribution is 5.97. The second kappa shape index (κ2) is 11.7. The van der Waals surface area contributed by atoms with Crippen LogP contribution >= 0.6 is 0 Å². The molecule has 2 aliphatic heterocycles. The van der Waals surface area contributed by atoms with Crippen molar-refractivity contribution < 1.29 is 9.90 Å². The summed E-state index contributed by atoms with van der Waals surface area (Å²) >= 11 is 0. The zero-order chi connectivity index (χ0) is 27.4. The fraction of sp³-hybridized carbons (Fsp3) is 0.387. The number of piperazine rings is 1. The molecule has 8 nitrogen and oxygen atoms in total. The maximum absolute atomic E-state index is 13.7. The van der Waals surface area contributed by atoms with Crippen molar-refractivity contribution in [2.75, 3.05) is 54.4 Å². The number of pyridine rings is 1. The number of aromatic nitrogens is 1. The van der Waals surface area contributed by atoms with Gasteiger partial charge in [-0.3, -0.25) is 4.79 Å². The molecule has 2 aliphatic rings. The number of aliphatic hydroxyl groups excluding tert-OH is 1. The molecule has 2 aromatic carbocycles. The molecule has 1 aromatic heterocycles. The smallest absolute Gasteiger partial charge is 0.254 e. The van der Waals surface area contributed by atoms with Crippen molar-refractivity contribution in [1.82, 2.24) is 9.88 Å². The van der Waals surface area contributed by atoms with Gasteiger partial charge in [-0.25, -0.2) is 4.98 Å². The highest BCUT2D eigenvalue weighted by Crippen LogP contribution is 2.28. The molecule has 0 aliphatic carbocycles. The Morgan fingerprint density at radius 3 is 2.54 bits per heavy atom. The third-order valence-corrected chi connectivity index (χ3v) is 7.95. The summed E-state index contributed by atoms with van der Waals surface area (Å²) in [6, 6.07) is 20.0. The number of carbonyl (C=O) groups excluding carboxylic acids is 1. The SMILES string of the molecule is Cc1cc(C)c(C(=O)N2CCN(c3ccccn3)C(CO)C2)cc1NC1CCN(c2ccccc2C#N)CC1. The Bertz CT molecular complexity index is 1350. The zero-order valence-electron chi connectivity index (χ0n) is 22.7. The van der Waals surface area contributed by atoms with Crippen LogP contribution in [-0.2, 0) is 0 Å². The molecule has 0 bridgehead atoms. The number of nitriles is 1. The predicted molar refractivity (Wildman–Crippen MR) is 154 cm³/mol. The van der Waals surface area contributed by atoms with Gasteiger partial charge in [0.25, 0.3) is 5.91 Å². The zero-order valence-corrected chi connectivity index (χ0v) is 22.7. The first-order valence-electron chi connectivity index (χ1n) is 13.7.